The van der Waals surface area contributed by atoms with Gasteiger partial charge in [-0.3, -0.25) is 0 Å². The van der Waals surface area contributed by atoms with E-state index in [9.17, 15) is 13.2 Å². The lowest BCUT2D eigenvalue weighted by Gasteiger charge is -2.09. The van der Waals surface area contributed by atoms with Crippen LogP contribution in [-0.2, 0) is 18.5 Å². The zero-order chi connectivity index (χ0) is 14.8. The maximum Gasteiger partial charge on any atom is 0.338 e. The van der Waals surface area contributed by atoms with Crippen LogP contribution in [0.2, 0.25) is 0 Å². The Kier molecular flexibility index (Phi) is 5.06. The minimum Gasteiger partial charge on any atom is -0.462 e. The van der Waals surface area contributed by atoms with Crippen LogP contribution in [0.5, 0.6) is 0 Å². The van der Waals surface area contributed by atoms with Crippen LogP contribution in [0, 0.1) is 5.92 Å². The molecule has 0 saturated carbocycles. The number of hydrogen-bond acceptors (Lipinski definition) is 5. The molecular weight excluding hydrogens is 372 g/mol. The third-order valence-corrected chi connectivity index (χ3v) is 5.22. The minimum absolute atomic E-state index is 0.145. The third-order valence-electron chi connectivity index (χ3n) is 2.90. The lowest BCUT2D eigenvalue weighted by molar-refractivity contribution is 0.0428. The smallest absolute Gasteiger partial charge is 0.338 e. The monoisotopic (exact) mass is 382 g/mol. The second-order valence-corrected chi connectivity index (χ2v) is 7.80. The predicted molar refractivity (Wildman–Crippen MR) is 76.4 cm³/mol. The molecule has 1 unspecified atom stereocenters. The lowest BCUT2D eigenvalue weighted by Crippen LogP contribution is -2.14. The molecule has 8 heteroatoms. The summed E-state index contributed by atoms with van der Waals surface area (Å²) in [7, 11) is 1.37. The van der Waals surface area contributed by atoms with Crippen molar-refractivity contribution in [2.45, 2.75) is 11.3 Å². The van der Waals surface area contributed by atoms with Crippen molar-refractivity contribution >= 4 is 41.6 Å². The van der Waals surface area contributed by atoms with Crippen molar-refractivity contribution in [1.29, 1.82) is 0 Å². The Balaban J connectivity index is 2.10. The van der Waals surface area contributed by atoms with E-state index in [1.807, 2.05) is 0 Å². The molecule has 0 amide bonds. The average Bonchev–Trinajstić information content (AvgIpc) is 2.88. The fraction of sp³-hybridized carbons (Fsp3) is 0.417. The quantitative estimate of drug-likeness (QED) is 0.590. The third kappa shape index (κ3) is 3.94. The first-order valence-corrected chi connectivity index (χ1v) is 8.97. The highest BCUT2D eigenvalue weighted by molar-refractivity contribution is 9.10. The van der Waals surface area contributed by atoms with Gasteiger partial charge in [-0.05, 0) is 40.5 Å². The van der Waals surface area contributed by atoms with Gasteiger partial charge in [0.05, 0.1) is 23.7 Å². The van der Waals surface area contributed by atoms with Gasteiger partial charge in [0.15, 0.2) is 0 Å². The Morgan fingerprint density at radius 1 is 1.50 bits per heavy atom. The van der Waals surface area contributed by atoms with Crippen molar-refractivity contribution in [2.24, 2.45) is 5.92 Å². The van der Waals surface area contributed by atoms with Crippen LogP contribution in [0.25, 0.3) is 0 Å². The number of benzene rings is 1. The SMILES string of the molecule is O=C(OCC1CCOC1)c1ccc(Br)c(S(=O)(=O)Cl)c1. The molecule has 2 rings (SSSR count). The largest absolute Gasteiger partial charge is 0.462 e. The van der Waals surface area contributed by atoms with Gasteiger partial charge in [-0.15, -0.1) is 0 Å². The van der Waals surface area contributed by atoms with Crippen molar-refractivity contribution in [3.05, 3.63) is 28.2 Å². The Morgan fingerprint density at radius 3 is 2.85 bits per heavy atom. The number of esters is 1. The first-order valence-electron chi connectivity index (χ1n) is 5.87. The molecule has 0 radical (unpaired) electrons. The minimum atomic E-state index is -3.92. The maximum atomic E-state index is 11.9. The molecule has 1 aromatic rings. The van der Waals surface area contributed by atoms with E-state index in [1.165, 1.54) is 18.2 Å². The fourth-order valence-corrected chi connectivity index (χ4v) is 3.93. The number of hydrogen-bond donors (Lipinski definition) is 0. The fourth-order valence-electron chi connectivity index (χ4n) is 1.81. The molecule has 1 aliphatic heterocycles. The summed E-state index contributed by atoms with van der Waals surface area (Å²) >= 11 is 3.08. The summed E-state index contributed by atoms with van der Waals surface area (Å²) in [4.78, 5) is 11.7. The highest BCUT2D eigenvalue weighted by Gasteiger charge is 2.20. The van der Waals surface area contributed by atoms with Gasteiger partial charge in [0.2, 0.25) is 0 Å². The molecular formula is C12H12BrClO5S. The maximum absolute atomic E-state index is 11.9. The van der Waals surface area contributed by atoms with Crippen LogP contribution in [0.1, 0.15) is 16.8 Å². The zero-order valence-corrected chi connectivity index (χ0v) is 13.5. The molecule has 0 aliphatic carbocycles. The molecule has 1 aromatic carbocycles. The van der Waals surface area contributed by atoms with E-state index in [0.717, 1.165) is 6.42 Å². The molecule has 110 valence electrons. The summed E-state index contributed by atoms with van der Waals surface area (Å²) in [6.07, 6.45) is 0.856. The van der Waals surface area contributed by atoms with E-state index < -0.39 is 15.0 Å². The van der Waals surface area contributed by atoms with Crippen LogP contribution in [0.4, 0.5) is 0 Å². The molecule has 1 aliphatic rings. The van der Waals surface area contributed by atoms with Crippen molar-refractivity contribution in [1.82, 2.24) is 0 Å². The Labute approximate surface area is 129 Å². The van der Waals surface area contributed by atoms with Gasteiger partial charge in [-0.25, -0.2) is 13.2 Å². The average molecular weight is 384 g/mol. The van der Waals surface area contributed by atoms with Crippen LogP contribution in [-0.4, -0.2) is 34.2 Å². The van der Waals surface area contributed by atoms with Crippen LogP contribution >= 0.6 is 26.6 Å². The first-order chi connectivity index (χ1) is 9.38. The molecule has 1 fully saturated rings. The normalized spacial score (nSPS) is 19.0. The molecule has 0 N–H and O–H groups in total. The summed E-state index contributed by atoms with van der Waals surface area (Å²) in [5.41, 5.74) is 0.145. The second kappa shape index (κ2) is 6.43. The summed E-state index contributed by atoms with van der Waals surface area (Å²) in [5.74, 6) is -0.378. The van der Waals surface area contributed by atoms with E-state index in [2.05, 4.69) is 15.9 Å². The summed E-state index contributed by atoms with van der Waals surface area (Å²) in [6.45, 7) is 1.52. The van der Waals surface area contributed by atoms with E-state index in [0.29, 0.717) is 17.7 Å². The highest BCUT2D eigenvalue weighted by atomic mass is 79.9. The topological polar surface area (TPSA) is 69.7 Å². The van der Waals surface area contributed by atoms with Crippen LogP contribution < -0.4 is 0 Å². The number of carbonyl (C=O) groups excluding carboxylic acids is 1. The van der Waals surface area contributed by atoms with Gasteiger partial charge in [0, 0.05) is 27.7 Å². The molecule has 1 heterocycles. The van der Waals surface area contributed by atoms with Gasteiger partial charge < -0.3 is 9.47 Å². The standard InChI is InChI=1S/C12H12BrClO5S/c13-10-2-1-9(5-11(10)20(14,16)17)12(15)19-7-8-3-4-18-6-8/h1-2,5,8H,3-4,6-7H2. The van der Waals surface area contributed by atoms with Crippen LogP contribution in [0.3, 0.4) is 0 Å². The Hall–Kier alpha value is -0.630. The number of ether oxygens (including phenoxy) is 2. The van der Waals surface area contributed by atoms with Gasteiger partial charge >= 0.3 is 5.97 Å². The zero-order valence-electron chi connectivity index (χ0n) is 10.3. The molecule has 20 heavy (non-hydrogen) atoms. The summed E-state index contributed by atoms with van der Waals surface area (Å²) in [5, 5.41) is 0. The summed E-state index contributed by atoms with van der Waals surface area (Å²) in [6, 6.07) is 4.12. The molecule has 1 saturated heterocycles. The van der Waals surface area contributed by atoms with Crippen molar-refractivity contribution in [2.75, 3.05) is 19.8 Å². The van der Waals surface area contributed by atoms with E-state index in [4.69, 9.17) is 20.2 Å². The van der Waals surface area contributed by atoms with Crippen molar-refractivity contribution < 1.29 is 22.7 Å². The van der Waals surface area contributed by atoms with Gasteiger partial charge in [0.25, 0.3) is 9.05 Å². The van der Waals surface area contributed by atoms with Crippen LogP contribution in [0.15, 0.2) is 27.6 Å². The van der Waals surface area contributed by atoms with Crippen molar-refractivity contribution in [3.63, 3.8) is 0 Å². The van der Waals surface area contributed by atoms with E-state index >= 15 is 0 Å². The number of carbonyl (C=O) groups is 1. The van der Waals surface area contributed by atoms with Gasteiger partial charge in [-0.1, -0.05) is 0 Å². The summed E-state index contributed by atoms with van der Waals surface area (Å²) < 4.78 is 33.4. The number of halogens is 2. The van der Waals surface area contributed by atoms with E-state index in [-0.39, 0.29) is 23.0 Å². The molecule has 1 atom stereocenters. The predicted octanol–water partition coefficient (Wildman–Crippen LogP) is 2.57. The van der Waals surface area contributed by atoms with Gasteiger partial charge in [-0.2, -0.15) is 0 Å². The molecule has 0 spiro atoms. The Morgan fingerprint density at radius 2 is 2.25 bits per heavy atom. The lowest BCUT2D eigenvalue weighted by atomic mass is 10.1. The first kappa shape index (κ1) is 15.8. The van der Waals surface area contributed by atoms with Gasteiger partial charge in [0.1, 0.15) is 0 Å². The highest BCUT2D eigenvalue weighted by Crippen LogP contribution is 2.26. The Bertz CT molecular complexity index is 610. The van der Waals surface area contributed by atoms with Crippen molar-refractivity contribution in [3.8, 4) is 0 Å². The molecule has 0 bridgehead atoms. The molecule has 0 aromatic heterocycles. The molecule has 5 nitrogen and oxygen atoms in total. The number of rotatable bonds is 4. The second-order valence-electron chi connectivity index (χ2n) is 4.41. The van der Waals surface area contributed by atoms with E-state index in [1.54, 1.807) is 0 Å².